The molecule has 0 heterocycles. The summed E-state index contributed by atoms with van der Waals surface area (Å²) < 4.78 is 4.74. The molecule has 5 nitrogen and oxygen atoms in total. The summed E-state index contributed by atoms with van der Waals surface area (Å²) in [5.74, 6) is -1.15. The van der Waals surface area contributed by atoms with Crippen LogP contribution in [0.15, 0.2) is 72.8 Å². The summed E-state index contributed by atoms with van der Waals surface area (Å²) in [6, 6.07) is 18.6. The van der Waals surface area contributed by atoms with E-state index in [0.717, 1.165) is 11.8 Å². The van der Waals surface area contributed by atoms with E-state index in [2.05, 4.69) is 0 Å². The number of esters is 1. The zero-order chi connectivity index (χ0) is 24.5. The van der Waals surface area contributed by atoms with E-state index in [-0.39, 0.29) is 12.2 Å². The lowest BCUT2D eigenvalue weighted by atomic mass is 9.61. The summed E-state index contributed by atoms with van der Waals surface area (Å²) in [6.45, 7) is 0. The normalized spacial score (nSPS) is 19.9. The van der Waals surface area contributed by atoms with Gasteiger partial charge in [-0.1, -0.05) is 59.6 Å². The Morgan fingerprint density at radius 1 is 1.06 bits per heavy atom. The van der Waals surface area contributed by atoms with Crippen molar-refractivity contribution in [1.82, 2.24) is 0 Å². The number of rotatable bonds is 5. The molecule has 0 amide bonds. The van der Waals surface area contributed by atoms with E-state index in [4.69, 9.17) is 33.7 Å². The predicted molar refractivity (Wildman–Crippen MR) is 133 cm³/mol. The third kappa shape index (κ3) is 4.25. The maximum Gasteiger partial charge on any atom is 0.337 e. The largest absolute Gasteiger partial charge is 0.465 e. The van der Waals surface area contributed by atoms with Crippen LogP contribution in [-0.4, -0.2) is 25.1 Å². The molecule has 3 aromatic carbocycles. The number of carbonyl (C=O) groups excluding carboxylic acids is 3. The van der Waals surface area contributed by atoms with E-state index in [0.29, 0.717) is 38.0 Å². The van der Waals surface area contributed by atoms with Gasteiger partial charge >= 0.3 is 5.97 Å². The lowest BCUT2D eigenvalue weighted by Gasteiger charge is -2.39. The fourth-order valence-electron chi connectivity index (χ4n) is 4.52. The van der Waals surface area contributed by atoms with Crippen molar-refractivity contribution >= 4 is 52.5 Å². The third-order valence-corrected chi connectivity index (χ3v) is 6.66. The van der Waals surface area contributed by atoms with Crippen molar-refractivity contribution in [2.45, 2.75) is 17.8 Å². The topological polar surface area (TPSA) is 86.5 Å². The van der Waals surface area contributed by atoms with Crippen LogP contribution in [0.4, 0.5) is 5.69 Å². The number of ketones is 1. The van der Waals surface area contributed by atoms with Crippen molar-refractivity contribution in [1.29, 1.82) is 0 Å². The van der Waals surface area contributed by atoms with Gasteiger partial charge in [0, 0.05) is 33.6 Å². The number of anilines is 1. The van der Waals surface area contributed by atoms with Gasteiger partial charge in [-0.3, -0.25) is 4.79 Å². The Labute approximate surface area is 207 Å². The number of hydrogen-bond donors (Lipinski definition) is 1. The average Bonchev–Trinajstić information content (AvgIpc) is 2.84. The zero-order valence-electron chi connectivity index (χ0n) is 18.3. The first-order valence-electron chi connectivity index (χ1n) is 10.5. The Morgan fingerprint density at radius 3 is 2.38 bits per heavy atom. The van der Waals surface area contributed by atoms with Gasteiger partial charge in [0.25, 0.3) is 0 Å². The minimum Gasteiger partial charge on any atom is -0.465 e. The Morgan fingerprint density at radius 2 is 1.76 bits per heavy atom. The molecule has 172 valence electrons. The second-order valence-electron chi connectivity index (χ2n) is 8.14. The highest BCUT2D eigenvalue weighted by Crippen LogP contribution is 2.49. The molecular weight excluding hydrogens is 473 g/mol. The van der Waals surface area contributed by atoms with Crippen molar-refractivity contribution in [3.63, 3.8) is 0 Å². The number of Topliss-reactive ketones (excluding diaryl/α,β-unsaturated/α-hetero) is 1. The van der Waals surface area contributed by atoms with Crippen molar-refractivity contribution in [3.8, 4) is 0 Å². The number of allylic oxidation sites excluding steroid dienone is 2. The number of nitrogen functional groups attached to an aromatic ring is 1. The van der Waals surface area contributed by atoms with E-state index in [1.807, 2.05) is 6.07 Å². The van der Waals surface area contributed by atoms with Gasteiger partial charge in [-0.25, -0.2) is 4.79 Å². The first-order chi connectivity index (χ1) is 16.3. The van der Waals surface area contributed by atoms with Crippen molar-refractivity contribution in [2.24, 2.45) is 0 Å². The van der Waals surface area contributed by atoms with Crippen LogP contribution in [0.3, 0.4) is 0 Å². The molecule has 0 fully saturated rings. The smallest absolute Gasteiger partial charge is 0.337 e. The molecule has 0 unspecified atom stereocenters. The lowest BCUT2D eigenvalue weighted by Crippen LogP contribution is -2.39. The fraction of sp³-hybridized carbons (Fsp3) is 0.148. The molecule has 3 aromatic rings. The Kier molecular flexibility index (Phi) is 6.60. The zero-order valence-corrected chi connectivity index (χ0v) is 19.8. The van der Waals surface area contributed by atoms with Gasteiger partial charge < -0.3 is 15.3 Å². The number of aldehydes is 1. The van der Waals surface area contributed by atoms with Crippen LogP contribution in [-0.2, 0) is 19.7 Å². The molecule has 2 atom stereocenters. The molecule has 0 radical (unpaired) electrons. The maximum atomic E-state index is 13.4. The van der Waals surface area contributed by atoms with Crippen LogP contribution >= 0.6 is 23.2 Å². The summed E-state index contributed by atoms with van der Waals surface area (Å²) >= 11 is 12.4. The summed E-state index contributed by atoms with van der Waals surface area (Å²) in [4.78, 5) is 38.1. The van der Waals surface area contributed by atoms with Crippen LogP contribution in [0.2, 0.25) is 10.0 Å². The molecule has 7 heteroatoms. The molecule has 0 spiro atoms. The van der Waals surface area contributed by atoms with E-state index >= 15 is 0 Å². The number of halogens is 2. The molecule has 4 rings (SSSR count). The van der Waals surface area contributed by atoms with Gasteiger partial charge in [0.05, 0.1) is 18.1 Å². The Bertz CT molecular complexity index is 1320. The molecule has 0 saturated heterocycles. The second kappa shape index (κ2) is 9.45. The molecule has 34 heavy (non-hydrogen) atoms. The molecule has 2 N–H and O–H groups in total. The average molecular weight is 494 g/mol. The van der Waals surface area contributed by atoms with Gasteiger partial charge in [-0.05, 0) is 53.1 Å². The summed E-state index contributed by atoms with van der Waals surface area (Å²) in [5, 5.41) is 0.943. The molecule has 1 aliphatic carbocycles. The number of hydrogen-bond acceptors (Lipinski definition) is 5. The van der Waals surface area contributed by atoms with E-state index in [1.54, 1.807) is 66.7 Å². The highest BCUT2D eigenvalue weighted by molar-refractivity contribution is 6.31. The van der Waals surface area contributed by atoms with Gasteiger partial charge in [0.1, 0.15) is 6.29 Å². The number of nitrogens with two attached hydrogens (primary N) is 1. The van der Waals surface area contributed by atoms with Crippen molar-refractivity contribution < 1.29 is 19.1 Å². The van der Waals surface area contributed by atoms with Crippen LogP contribution in [0.5, 0.6) is 0 Å². The number of methoxy groups -OCH3 is 1. The summed E-state index contributed by atoms with van der Waals surface area (Å²) in [5.41, 5.74) is 8.04. The quantitative estimate of drug-likeness (QED) is 0.282. The SMILES string of the molecule is COC(=O)c1ccc(C2=C[C@](C=O)(c3ccc(Cl)cc3N)[C@H](c3cccc(Cl)c3)CC2=O)cc1. The molecule has 0 aliphatic heterocycles. The second-order valence-corrected chi connectivity index (χ2v) is 9.02. The van der Waals surface area contributed by atoms with Crippen LogP contribution in [0, 0.1) is 0 Å². The summed E-state index contributed by atoms with van der Waals surface area (Å²) in [6.07, 6.45) is 2.56. The van der Waals surface area contributed by atoms with Gasteiger partial charge in [0.2, 0.25) is 0 Å². The number of carbonyl (C=O) groups is 3. The van der Waals surface area contributed by atoms with Crippen LogP contribution in [0.1, 0.15) is 39.4 Å². The molecule has 0 saturated carbocycles. The molecule has 0 bridgehead atoms. The molecular formula is C27H21Cl2NO4. The maximum absolute atomic E-state index is 13.4. The van der Waals surface area contributed by atoms with Crippen LogP contribution in [0.25, 0.3) is 5.57 Å². The van der Waals surface area contributed by atoms with E-state index < -0.39 is 17.3 Å². The molecule has 0 aromatic heterocycles. The third-order valence-electron chi connectivity index (χ3n) is 6.19. The van der Waals surface area contributed by atoms with Gasteiger partial charge in [0.15, 0.2) is 5.78 Å². The first kappa shape index (κ1) is 23.7. The highest BCUT2D eigenvalue weighted by Gasteiger charge is 2.46. The minimum atomic E-state index is -1.25. The minimum absolute atomic E-state index is 0.0612. The Balaban J connectivity index is 1.94. The standard InChI is InChI=1S/C27H21Cl2NO4/c1-34-26(33)17-7-5-16(6-8-17)21-14-27(15-31,22-10-9-20(29)12-24(22)30)23(13-25(21)32)18-3-2-4-19(28)11-18/h2-12,14-15,23H,13,30H2,1H3/t23-,27-/m0/s1. The van der Waals surface area contributed by atoms with Crippen molar-refractivity contribution in [3.05, 3.63) is 105 Å². The van der Waals surface area contributed by atoms with E-state index in [9.17, 15) is 14.4 Å². The van der Waals surface area contributed by atoms with Crippen LogP contribution < -0.4 is 5.73 Å². The summed E-state index contributed by atoms with van der Waals surface area (Å²) in [7, 11) is 1.30. The lowest BCUT2D eigenvalue weighted by molar-refractivity contribution is -0.116. The number of ether oxygens (including phenoxy) is 1. The fourth-order valence-corrected chi connectivity index (χ4v) is 4.90. The highest BCUT2D eigenvalue weighted by atomic mass is 35.5. The Hall–Kier alpha value is -3.41. The van der Waals surface area contributed by atoms with Gasteiger partial charge in [-0.2, -0.15) is 0 Å². The van der Waals surface area contributed by atoms with E-state index in [1.165, 1.54) is 7.11 Å². The molecule has 1 aliphatic rings. The van der Waals surface area contributed by atoms with Crippen molar-refractivity contribution in [2.75, 3.05) is 12.8 Å². The van der Waals surface area contributed by atoms with Gasteiger partial charge in [-0.15, -0.1) is 0 Å². The monoisotopic (exact) mass is 493 g/mol. The number of benzene rings is 3. The predicted octanol–water partition coefficient (Wildman–Crippen LogP) is 5.64. The first-order valence-corrected chi connectivity index (χ1v) is 11.3.